The molecule has 0 atom stereocenters. The van der Waals surface area contributed by atoms with E-state index in [1.54, 1.807) is 0 Å². The van der Waals surface area contributed by atoms with Crippen LogP contribution < -0.4 is 0 Å². The Balaban J connectivity index is 2.47. The Kier molecular flexibility index (Phi) is 2.05. The van der Waals surface area contributed by atoms with Crippen molar-refractivity contribution >= 4 is 23.2 Å². The molecule has 0 saturated heterocycles. The summed E-state index contributed by atoms with van der Waals surface area (Å²) in [5, 5.41) is 1.71. The van der Waals surface area contributed by atoms with E-state index >= 15 is 0 Å². The van der Waals surface area contributed by atoms with Crippen molar-refractivity contribution in [3.8, 4) is 0 Å². The quantitative estimate of drug-likeness (QED) is 0.639. The summed E-state index contributed by atoms with van der Waals surface area (Å²) < 4.78 is 0. The Hall–Kier alpha value is -0.200. The molecule has 1 saturated carbocycles. The number of halogens is 2. The normalized spacial score (nSPS) is 16.6. The molecule has 0 unspecified atom stereocenters. The predicted molar refractivity (Wildman–Crippen MR) is 53.2 cm³/mol. The molecule has 1 aromatic rings. The van der Waals surface area contributed by atoms with Crippen LogP contribution in [0.2, 0.25) is 10.0 Å². The van der Waals surface area contributed by atoms with Gasteiger partial charge in [0.15, 0.2) is 0 Å². The van der Waals surface area contributed by atoms with Crippen molar-refractivity contribution in [2.45, 2.75) is 25.7 Å². The Morgan fingerprint density at radius 1 is 1.17 bits per heavy atom. The van der Waals surface area contributed by atoms with E-state index in [-0.39, 0.29) is 0 Å². The van der Waals surface area contributed by atoms with Crippen LogP contribution in [0.5, 0.6) is 0 Å². The summed E-state index contributed by atoms with van der Waals surface area (Å²) in [6.07, 6.45) is 2.53. The molecule has 1 aliphatic rings. The number of rotatable bonds is 1. The molecule has 0 spiro atoms. The van der Waals surface area contributed by atoms with E-state index in [9.17, 15) is 0 Å². The van der Waals surface area contributed by atoms with Crippen molar-refractivity contribution in [1.82, 2.24) is 0 Å². The van der Waals surface area contributed by atoms with Crippen LogP contribution in [0.15, 0.2) is 12.1 Å². The van der Waals surface area contributed by atoms with Crippen molar-refractivity contribution < 1.29 is 0 Å². The maximum absolute atomic E-state index is 6.08. The fourth-order valence-electron chi connectivity index (χ4n) is 1.37. The summed E-state index contributed by atoms with van der Waals surface area (Å²) in [5.41, 5.74) is 2.29. The minimum atomic E-state index is 0.676. The van der Waals surface area contributed by atoms with Gasteiger partial charge in [0.05, 0.1) is 0 Å². The van der Waals surface area contributed by atoms with Crippen LogP contribution in [-0.4, -0.2) is 0 Å². The molecule has 12 heavy (non-hydrogen) atoms. The van der Waals surface area contributed by atoms with Crippen molar-refractivity contribution in [1.29, 1.82) is 0 Å². The van der Waals surface area contributed by atoms with Crippen molar-refractivity contribution in [3.05, 3.63) is 33.3 Å². The van der Waals surface area contributed by atoms with Gasteiger partial charge in [0.25, 0.3) is 0 Å². The van der Waals surface area contributed by atoms with E-state index in [4.69, 9.17) is 23.2 Å². The first-order chi connectivity index (χ1) is 5.68. The molecular weight excluding hydrogens is 191 g/mol. The molecule has 0 aliphatic heterocycles. The van der Waals surface area contributed by atoms with Gasteiger partial charge in [-0.3, -0.25) is 0 Å². The Bertz CT molecular complexity index is 314. The highest BCUT2D eigenvalue weighted by Crippen LogP contribution is 2.44. The smallest absolute Gasteiger partial charge is 0.0444 e. The van der Waals surface area contributed by atoms with Gasteiger partial charge >= 0.3 is 0 Å². The SMILES string of the molecule is Cc1cc(Cl)c(C2CC2)cc1Cl. The fraction of sp³-hybridized carbons (Fsp3) is 0.400. The van der Waals surface area contributed by atoms with Gasteiger partial charge < -0.3 is 0 Å². The first-order valence-electron chi connectivity index (χ1n) is 4.14. The molecule has 0 amide bonds. The molecule has 2 rings (SSSR count). The molecule has 2 heteroatoms. The number of aryl methyl sites for hydroxylation is 1. The van der Waals surface area contributed by atoms with Gasteiger partial charge in [0.2, 0.25) is 0 Å². The molecule has 0 bridgehead atoms. The van der Waals surface area contributed by atoms with Crippen molar-refractivity contribution in [2.75, 3.05) is 0 Å². The van der Waals surface area contributed by atoms with Gasteiger partial charge in [-0.15, -0.1) is 0 Å². The summed E-state index contributed by atoms with van der Waals surface area (Å²) in [4.78, 5) is 0. The molecule has 1 aliphatic carbocycles. The van der Waals surface area contributed by atoms with Crippen molar-refractivity contribution in [2.24, 2.45) is 0 Å². The molecule has 1 fully saturated rings. The number of hydrogen-bond acceptors (Lipinski definition) is 0. The van der Waals surface area contributed by atoms with Gasteiger partial charge in [-0.1, -0.05) is 23.2 Å². The zero-order valence-corrected chi connectivity index (χ0v) is 8.41. The Labute approximate surface area is 82.5 Å². The van der Waals surface area contributed by atoms with E-state index in [0.29, 0.717) is 5.92 Å². The highest BCUT2D eigenvalue weighted by atomic mass is 35.5. The van der Waals surface area contributed by atoms with E-state index < -0.39 is 0 Å². The standard InChI is InChI=1S/C10H10Cl2/c1-6-4-10(12)8(5-9(6)11)7-2-3-7/h4-5,7H,2-3H2,1H3. The lowest BCUT2D eigenvalue weighted by atomic mass is 10.1. The van der Waals surface area contributed by atoms with E-state index in [1.165, 1.54) is 18.4 Å². The second kappa shape index (κ2) is 2.93. The molecule has 0 aromatic heterocycles. The maximum Gasteiger partial charge on any atom is 0.0444 e. The van der Waals surface area contributed by atoms with E-state index in [2.05, 4.69) is 0 Å². The van der Waals surface area contributed by atoms with Crippen LogP contribution >= 0.6 is 23.2 Å². The van der Waals surface area contributed by atoms with Crippen LogP contribution in [-0.2, 0) is 0 Å². The predicted octanol–water partition coefficient (Wildman–Crippen LogP) is 4.18. The largest absolute Gasteiger partial charge is 0.0840 e. The highest BCUT2D eigenvalue weighted by Gasteiger charge is 2.26. The molecular formula is C10H10Cl2. The monoisotopic (exact) mass is 200 g/mol. The molecule has 0 N–H and O–H groups in total. The van der Waals surface area contributed by atoms with Gasteiger partial charge in [0.1, 0.15) is 0 Å². The van der Waals surface area contributed by atoms with Crippen LogP contribution in [0.25, 0.3) is 0 Å². The van der Waals surface area contributed by atoms with Crippen LogP contribution in [0, 0.1) is 6.92 Å². The zero-order chi connectivity index (χ0) is 8.72. The first-order valence-corrected chi connectivity index (χ1v) is 4.89. The Morgan fingerprint density at radius 2 is 1.83 bits per heavy atom. The molecule has 64 valence electrons. The Morgan fingerprint density at radius 3 is 2.42 bits per heavy atom. The average molecular weight is 201 g/mol. The lowest BCUT2D eigenvalue weighted by molar-refractivity contribution is 1.13. The minimum Gasteiger partial charge on any atom is -0.0840 e. The highest BCUT2D eigenvalue weighted by molar-refractivity contribution is 6.34. The minimum absolute atomic E-state index is 0.676. The third-order valence-electron chi connectivity index (χ3n) is 2.30. The molecule has 0 heterocycles. The van der Waals surface area contributed by atoms with E-state index in [1.807, 2.05) is 19.1 Å². The number of hydrogen-bond donors (Lipinski definition) is 0. The van der Waals surface area contributed by atoms with Crippen LogP contribution in [0.4, 0.5) is 0 Å². The van der Waals surface area contributed by atoms with Crippen LogP contribution in [0.3, 0.4) is 0 Å². The topological polar surface area (TPSA) is 0 Å². The summed E-state index contributed by atoms with van der Waals surface area (Å²) in [5.74, 6) is 0.676. The second-order valence-electron chi connectivity index (χ2n) is 3.40. The summed E-state index contributed by atoms with van der Waals surface area (Å²) in [6, 6.07) is 3.97. The first kappa shape index (κ1) is 8.40. The second-order valence-corrected chi connectivity index (χ2v) is 4.21. The van der Waals surface area contributed by atoms with E-state index in [0.717, 1.165) is 15.6 Å². The fourth-order valence-corrected chi connectivity index (χ4v) is 1.91. The summed E-state index contributed by atoms with van der Waals surface area (Å²) in [6.45, 7) is 1.98. The van der Waals surface area contributed by atoms with Crippen LogP contribution in [0.1, 0.15) is 29.9 Å². The van der Waals surface area contributed by atoms with Crippen molar-refractivity contribution in [3.63, 3.8) is 0 Å². The lowest BCUT2D eigenvalue weighted by Crippen LogP contribution is -1.84. The summed E-state index contributed by atoms with van der Waals surface area (Å²) in [7, 11) is 0. The van der Waals surface area contributed by atoms with Gasteiger partial charge in [0, 0.05) is 10.0 Å². The van der Waals surface area contributed by atoms with Gasteiger partial charge in [-0.25, -0.2) is 0 Å². The molecule has 1 aromatic carbocycles. The van der Waals surface area contributed by atoms with Gasteiger partial charge in [-0.05, 0) is 48.9 Å². The average Bonchev–Trinajstić information content (AvgIpc) is 2.79. The third-order valence-corrected chi connectivity index (χ3v) is 3.03. The number of benzene rings is 1. The zero-order valence-electron chi connectivity index (χ0n) is 6.90. The third kappa shape index (κ3) is 1.46. The maximum atomic E-state index is 6.08. The lowest BCUT2D eigenvalue weighted by Gasteiger charge is -2.04. The summed E-state index contributed by atoms with van der Waals surface area (Å²) >= 11 is 12.1. The molecule has 0 nitrogen and oxygen atoms in total. The molecule has 0 radical (unpaired) electrons. The van der Waals surface area contributed by atoms with Gasteiger partial charge in [-0.2, -0.15) is 0 Å².